The molecular weight excluding hydrogens is 462 g/mol. The molecule has 2 aromatic heterocycles. The summed E-state index contributed by atoms with van der Waals surface area (Å²) >= 11 is 3.43. The fourth-order valence-corrected chi connectivity index (χ4v) is 3.54. The summed E-state index contributed by atoms with van der Waals surface area (Å²) < 4.78 is 0.928. The van der Waals surface area contributed by atoms with E-state index < -0.39 is 17.4 Å². The van der Waals surface area contributed by atoms with Crippen LogP contribution in [0, 0.1) is 6.92 Å². The third-order valence-electron chi connectivity index (χ3n) is 4.65. The summed E-state index contributed by atoms with van der Waals surface area (Å²) in [5.74, 6) is -1.18. The van der Waals surface area contributed by atoms with Gasteiger partial charge in [0.15, 0.2) is 5.69 Å². The van der Waals surface area contributed by atoms with Crippen LogP contribution in [0.5, 0.6) is 0 Å². The van der Waals surface area contributed by atoms with Crippen molar-refractivity contribution in [1.82, 2.24) is 26.0 Å². The maximum atomic E-state index is 12.6. The van der Waals surface area contributed by atoms with E-state index in [1.165, 1.54) is 0 Å². The van der Waals surface area contributed by atoms with Crippen LogP contribution in [-0.4, -0.2) is 27.0 Å². The summed E-state index contributed by atoms with van der Waals surface area (Å²) in [6.45, 7) is 1.72. The number of carbonyl (C=O) groups is 2. The van der Waals surface area contributed by atoms with E-state index in [0.717, 1.165) is 15.7 Å². The number of fused-ring (bicyclic) bond motifs is 1. The van der Waals surface area contributed by atoms with Crippen LogP contribution in [0.4, 0.5) is 0 Å². The number of H-pyrrole nitrogens is 1. The molecular formula is C22H16BrN5O3. The monoisotopic (exact) mass is 477 g/mol. The molecule has 4 rings (SSSR count). The Labute approximate surface area is 184 Å². The molecule has 0 unspecified atom stereocenters. The number of hydrogen-bond acceptors (Lipinski definition) is 5. The summed E-state index contributed by atoms with van der Waals surface area (Å²) in [5.41, 5.74) is 6.76. The highest BCUT2D eigenvalue weighted by molar-refractivity contribution is 9.10. The Kier molecular flexibility index (Phi) is 5.59. The molecule has 0 aliphatic rings. The topological polar surface area (TPSA) is 117 Å². The minimum atomic E-state index is -0.655. The Morgan fingerprint density at radius 3 is 2.42 bits per heavy atom. The van der Waals surface area contributed by atoms with Crippen molar-refractivity contribution in [3.05, 3.63) is 92.4 Å². The Hall–Kier alpha value is -3.85. The number of nitrogens with zero attached hydrogens (tertiary/aromatic N) is 2. The lowest BCUT2D eigenvalue weighted by atomic mass is 10.1. The van der Waals surface area contributed by atoms with E-state index in [4.69, 9.17) is 0 Å². The first kappa shape index (κ1) is 20.4. The summed E-state index contributed by atoms with van der Waals surface area (Å²) in [4.78, 5) is 41.5. The lowest BCUT2D eigenvalue weighted by Crippen LogP contribution is -2.42. The maximum absolute atomic E-state index is 12.6. The molecule has 0 bridgehead atoms. The average Bonchev–Trinajstić information content (AvgIpc) is 2.77. The number of aromatic nitrogens is 3. The highest BCUT2D eigenvalue weighted by Gasteiger charge is 2.16. The van der Waals surface area contributed by atoms with Gasteiger partial charge in [0, 0.05) is 15.4 Å². The van der Waals surface area contributed by atoms with Gasteiger partial charge in [0.2, 0.25) is 0 Å². The summed E-state index contributed by atoms with van der Waals surface area (Å²) in [7, 11) is 0. The normalized spacial score (nSPS) is 10.6. The van der Waals surface area contributed by atoms with Crippen molar-refractivity contribution in [2.75, 3.05) is 0 Å². The second-order valence-corrected chi connectivity index (χ2v) is 7.61. The Morgan fingerprint density at radius 1 is 0.935 bits per heavy atom. The third kappa shape index (κ3) is 4.22. The molecule has 3 N–H and O–H groups in total. The number of hydrogen-bond donors (Lipinski definition) is 3. The minimum Gasteiger partial charge on any atom is -0.267 e. The first-order chi connectivity index (χ1) is 14.9. The number of aryl methyl sites for hydroxylation is 1. The number of aromatic amines is 1. The Bertz CT molecular complexity index is 1380. The van der Waals surface area contributed by atoms with E-state index in [9.17, 15) is 14.4 Å². The smallest absolute Gasteiger partial charge is 0.267 e. The van der Waals surface area contributed by atoms with E-state index in [1.54, 1.807) is 43.3 Å². The molecule has 2 heterocycles. The van der Waals surface area contributed by atoms with Gasteiger partial charge in [0.25, 0.3) is 17.4 Å². The summed E-state index contributed by atoms with van der Waals surface area (Å²) in [6, 6.07) is 17.7. The van der Waals surface area contributed by atoms with Crippen LogP contribution in [-0.2, 0) is 0 Å². The molecule has 0 fully saturated rings. The molecule has 154 valence electrons. The number of pyridine rings is 1. The van der Waals surface area contributed by atoms with Crippen LogP contribution in [0.2, 0.25) is 0 Å². The number of carbonyl (C=O) groups excluding carboxylic acids is 2. The van der Waals surface area contributed by atoms with Crippen molar-refractivity contribution in [3.63, 3.8) is 0 Å². The highest BCUT2D eigenvalue weighted by Crippen LogP contribution is 2.22. The van der Waals surface area contributed by atoms with Gasteiger partial charge in [-0.3, -0.25) is 30.2 Å². The van der Waals surface area contributed by atoms with Gasteiger partial charge in [-0.2, -0.15) is 5.10 Å². The van der Waals surface area contributed by atoms with Gasteiger partial charge >= 0.3 is 0 Å². The molecule has 4 aromatic rings. The van der Waals surface area contributed by atoms with Crippen molar-refractivity contribution in [3.8, 4) is 11.3 Å². The van der Waals surface area contributed by atoms with Gasteiger partial charge in [-0.15, -0.1) is 0 Å². The number of halogens is 1. The van der Waals surface area contributed by atoms with Gasteiger partial charge in [0.1, 0.15) is 0 Å². The average molecular weight is 478 g/mol. The molecule has 2 amide bonds. The molecule has 8 nitrogen and oxygen atoms in total. The molecule has 0 saturated heterocycles. The fraction of sp³-hybridized carbons (Fsp3) is 0.0455. The van der Waals surface area contributed by atoms with Crippen LogP contribution < -0.4 is 16.4 Å². The van der Waals surface area contributed by atoms with Crippen LogP contribution in [0.15, 0.2) is 69.9 Å². The molecule has 2 aromatic carbocycles. The lowest BCUT2D eigenvalue weighted by Gasteiger charge is -2.11. The zero-order valence-electron chi connectivity index (χ0n) is 16.3. The van der Waals surface area contributed by atoms with Gasteiger partial charge in [-0.1, -0.05) is 46.3 Å². The van der Waals surface area contributed by atoms with Crippen molar-refractivity contribution < 1.29 is 9.59 Å². The van der Waals surface area contributed by atoms with Crippen molar-refractivity contribution in [2.45, 2.75) is 6.92 Å². The fourth-order valence-electron chi connectivity index (χ4n) is 3.14. The molecule has 0 aliphatic carbocycles. The van der Waals surface area contributed by atoms with Crippen LogP contribution in [0.1, 0.15) is 26.5 Å². The SMILES string of the molecule is Cc1nc(-c2cccc(Br)c2)ccc1C(=O)NNC(=O)c1n[nH]c(=O)c2ccccc12. The Balaban J connectivity index is 1.51. The molecule has 9 heteroatoms. The molecule has 0 atom stereocenters. The first-order valence-corrected chi connectivity index (χ1v) is 10.0. The largest absolute Gasteiger partial charge is 0.290 e. The standard InChI is InChI=1S/C22H16BrN5O3/c1-12-15(9-10-18(24-12)13-5-4-6-14(23)11-13)20(29)27-28-22(31)19-16-7-2-3-8-17(16)21(30)26-25-19/h2-11H,1H3,(H,26,30)(H,27,29)(H,28,31). The number of benzene rings is 2. The Morgan fingerprint density at radius 2 is 1.68 bits per heavy atom. The second-order valence-electron chi connectivity index (χ2n) is 6.69. The van der Waals surface area contributed by atoms with E-state index in [0.29, 0.717) is 22.0 Å². The molecule has 0 spiro atoms. The van der Waals surface area contributed by atoms with Crippen molar-refractivity contribution >= 4 is 38.5 Å². The second kappa shape index (κ2) is 8.49. The van der Waals surface area contributed by atoms with Crippen molar-refractivity contribution in [2.24, 2.45) is 0 Å². The number of nitrogens with one attached hydrogen (secondary N) is 3. The quantitative estimate of drug-likeness (QED) is 0.392. The molecule has 0 aliphatic heterocycles. The summed E-state index contributed by atoms with van der Waals surface area (Å²) in [6.07, 6.45) is 0. The number of rotatable bonds is 3. The van der Waals surface area contributed by atoms with Gasteiger partial charge in [0.05, 0.1) is 22.3 Å². The summed E-state index contributed by atoms with van der Waals surface area (Å²) in [5, 5.41) is 6.81. The minimum absolute atomic E-state index is 0.00431. The predicted octanol–water partition coefficient (Wildman–Crippen LogP) is 3.13. The molecule has 31 heavy (non-hydrogen) atoms. The lowest BCUT2D eigenvalue weighted by molar-refractivity contribution is 0.0843. The molecule has 0 radical (unpaired) electrons. The van der Waals surface area contributed by atoms with Crippen LogP contribution in [0.25, 0.3) is 22.0 Å². The van der Waals surface area contributed by atoms with Crippen LogP contribution >= 0.6 is 15.9 Å². The zero-order valence-corrected chi connectivity index (χ0v) is 17.9. The number of hydrazine groups is 1. The first-order valence-electron chi connectivity index (χ1n) is 9.26. The maximum Gasteiger partial charge on any atom is 0.290 e. The van der Waals surface area contributed by atoms with E-state index in [1.807, 2.05) is 24.3 Å². The third-order valence-corrected chi connectivity index (χ3v) is 5.14. The van der Waals surface area contributed by atoms with E-state index in [2.05, 4.69) is 42.0 Å². The molecule has 0 saturated carbocycles. The van der Waals surface area contributed by atoms with Crippen molar-refractivity contribution in [1.29, 1.82) is 0 Å². The number of amides is 2. The predicted molar refractivity (Wildman–Crippen MR) is 119 cm³/mol. The van der Waals surface area contributed by atoms with Gasteiger partial charge < -0.3 is 0 Å². The van der Waals surface area contributed by atoms with Gasteiger partial charge in [-0.05, 0) is 37.3 Å². The van der Waals surface area contributed by atoms with E-state index in [-0.39, 0.29) is 5.69 Å². The van der Waals surface area contributed by atoms with E-state index >= 15 is 0 Å². The van der Waals surface area contributed by atoms with Crippen LogP contribution in [0.3, 0.4) is 0 Å². The zero-order chi connectivity index (χ0) is 22.0. The van der Waals surface area contributed by atoms with Gasteiger partial charge in [-0.25, -0.2) is 5.10 Å². The highest BCUT2D eigenvalue weighted by atomic mass is 79.9.